The molecular formula is C20H30IN3O2S. The van der Waals surface area contributed by atoms with Gasteiger partial charge in [-0.2, -0.15) is 0 Å². The van der Waals surface area contributed by atoms with Gasteiger partial charge in [0.15, 0.2) is 5.96 Å². The van der Waals surface area contributed by atoms with E-state index in [9.17, 15) is 0 Å². The minimum Gasteiger partial charge on any atom is -0.379 e. The molecule has 2 aromatic rings. The van der Waals surface area contributed by atoms with E-state index in [1.165, 1.54) is 10.4 Å². The van der Waals surface area contributed by atoms with Crippen LogP contribution in [0.2, 0.25) is 0 Å². The summed E-state index contributed by atoms with van der Waals surface area (Å²) in [6, 6.07) is 12.6. The van der Waals surface area contributed by atoms with Crippen LogP contribution in [0.1, 0.15) is 29.9 Å². The van der Waals surface area contributed by atoms with E-state index in [2.05, 4.69) is 64.3 Å². The number of hydrogen-bond acceptors (Lipinski definition) is 4. The number of guanidine groups is 1. The first-order valence-corrected chi connectivity index (χ1v) is 9.97. The molecule has 150 valence electrons. The van der Waals surface area contributed by atoms with E-state index in [-0.39, 0.29) is 24.0 Å². The highest BCUT2D eigenvalue weighted by Gasteiger charge is 2.01. The molecule has 0 fully saturated rings. The molecule has 2 rings (SSSR count). The number of ether oxygens (including phenoxy) is 2. The third kappa shape index (κ3) is 10.1. The smallest absolute Gasteiger partial charge is 0.191 e. The maximum Gasteiger partial charge on any atom is 0.191 e. The van der Waals surface area contributed by atoms with E-state index < -0.39 is 0 Å². The van der Waals surface area contributed by atoms with E-state index in [0.29, 0.717) is 26.4 Å². The minimum atomic E-state index is 0. The zero-order chi connectivity index (χ0) is 18.5. The van der Waals surface area contributed by atoms with Crippen molar-refractivity contribution < 1.29 is 9.47 Å². The van der Waals surface area contributed by atoms with Crippen LogP contribution in [0.4, 0.5) is 0 Å². The van der Waals surface area contributed by atoms with Gasteiger partial charge in [0.2, 0.25) is 0 Å². The molecule has 1 aromatic carbocycles. The number of nitrogens with zero attached hydrogens (tertiary/aromatic N) is 1. The van der Waals surface area contributed by atoms with Crippen LogP contribution < -0.4 is 10.6 Å². The van der Waals surface area contributed by atoms with Gasteiger partial charge in [-0.05, 0) is 36.4 Å². The Morgan fingerprint density at radius 1 is 1.04 bits per heavy atom. The van der Waals surface area contributed by atoms with Gasteiger partial charge in [0.05, 0.1) is 32.9 Å². The average molecular weight is 503 g/mol. The normalized spacial score (nSPS) is 11.1. The molecule has 5 nitrogen and oxygen atoms in total. The number of rotatable bonds is 11. The van der Waals surface area contributed by atoms with Crippen LogP contribution in [0.25, 0.3) is 0 Å². The fourth-order valence-corrected chi connectivity index (χ4v) is 3.01. The Morgan fingerprint density at radius 3 is 2.59 bits per heavy atom. The SMILES string of the molecule is CCNC(=NCc1cccc(COCCOCC)c1)NCc1cccs1.I. The topological polar surface area (TPSA) is 54.9 Å². The fourth-order valence-electron chi connectivity index (χ4n) is 2.37. The van der Waals surface area contributed by atoms with Crippen LogP contribution in [0.15, 0.2) is 46.8 Å². The summed E-state index contributed by atoms with van der Waals surface area (Å²) < 4.78 is 10.9. The summed E-state index contributed by atoms with van der Waals surface area (Å²) in [5.74, 6) is 0.833. The van der Waals surface area contributed by atoms with Crippen LogP contribution in [0.3, 0.4) is 0 Å². The number of nitrogens with one attached hydrogen (secondary N) is 2. The summed E-state index contributed by atoms with van der Waals surface area (Å²) in [6.45, 7) is 8.90. The van der Waals surface area contributed by atoms with Crippen molar-refractivity contribution in [2.45, 2.75) is 33.5 Å². The lowest BCUT2D eigenvalue weighted by atomic mass is 10.1. The van der Waals surface area contributed by atoms with E-state index in [0.717, 1.165) is 31.2 Å². The van der Waals surface area contributed by atoms with Gasteiger partial charge >= 0.3 is 0 Å². The number of halogens is 1. The predicted octanol–water partition coefficient (Wildman–Crippen LogP) is 4.17. The van der Waals surface area contributed by atoms with Crippen molar-refractivity contribution in [1.82, 2.24) is 10.6 Å². The summed E-state index contributed by atoms with van der Waals surface area (Å²) in [5.41, 5.74) is 2.33. The van der Waals surface area contributed by atoms with Gasteiger partial charge in [-0.3, -0.25) is 0 Å². The molecular weight excluding hydrogens is 473 g/mol. The minimum absolute atomic E-state index is 0. The summed E-state index contributed by atoms with van der Waals surface area (Å²) in [6.07, 6.45) is 0. The highest BCUT2D eigenvalue weighted by Crippen LogP contribution is 2.09. The van der Waals surface area contributed by atoms with Crippen LogP contribution >= 0.6 is 35.3 Å². The molecule has 0 radical (unpaired) electrons. The summed E-state index contributed by atoms with van der Waals surface area (Å²) in [5, 5.41) is 8.75. The summed E-state index contributed by atoms with van der Waals surface area (Å²) in [4.78, 5) is 5.98. The first-order chi connectivity index (χ1) is 12.8. The molecule has 0 bridgehead atoms. The molecule has 0 atom stereocenters. The van der Waals surface area contributed by atoms with Gasteiger partial charge < -0.3 is 20.1 Å². The summed E-state index contributed by atoms with van der Waals surface area (Å²) in [7, 11) is 0. The molecule has 0 unspecified atom stereocenters. The highest BCUT2D eigenvalue weighted by atomic mass is 127. The van der Waals surface area contributed by atoms with Crippen LogP contribution in [0.5, 0.6) is 0 Å². The Kier molecular flexibility index (Phi) is 13.1. The molecule has 1 heterocycles. The lowest BCUT2D eigenvalue weighted by Crippen LogP contribution is -2.36. The highest BCUT2D eigenvalue weighted by molar-refractivity contribution is 14.0. The molecule has 0 aliphatic heterocycles. The monoisotopic (exact) mass is 503 g/mol. The molecule has 7 heteroatoms. The lowest BCUT2D eigenvalue weighted by molar-refractivity contribution is 0.0453. The van der Waals surface area contributed by atoms with Crippen LogP contribution in [-0.2, 0) is 29.2 Å². The molecule has 0 aliphatic rings. The van der Waals surface area contributed by atoms with Gasteiger partial charge in [-0.15, -0.1) is 35.3 Å². The number of thiophene rings is 1. The standard InChI is InChI=1S/C20H29N3O2S.HI/c1-3-21-20(23-15-19-9-6-12-26-19)22-14-17-7-5-8-18(13-17)16-25-11-10-24-4-2;/h5-9,12-13H,3-4,10-11,14-16H2,1-2H3,(H2,21,22,23);1H. The number of benzene rings is 1. The van der Waals surface area contributed by atoms with Crippen molar-refractivity contribution in [1.29, 1.82) is 0 Å². The molecule has 0 saturated carbocycles. The molecule has 0 aliphatic carbocycles. The lowest BCUT2D eigenvalue weighted by Gasteiger charge is -2.11. The van der Waals surface area contributed by atoms with Gasteiger partial charge in [-0.25, -0.2) is 4.99 Å². The van der Waals surface area contributed by atoms with Crippen molar-refractivity contribution in [3.8, 4) is 0 Å². The van der Waals surface area contributed by atoms with Crippen molar-refractivity contribution in [2.24, 2.45) is 4.99 Å². The average Bonchev–Trinajstić information content (AvgIpc) is 3.18. The van der Waals surface area contributed by atoms with Gasteiger partial charge in [0.1, 0.15) is 0 Å². The zero-order valence-electron chi connectivity index (χ0n) is 16.1. The third-order valence-electron chi connectivity index (χ3n) is 3.61. The number of aliphatic imine (C=N–C) groups is 1. The van der Waals surface area contributed by atoms with Crippen molar-refractivity contribution in [3.63, 3.8) is 0 Å². The molecule has 2 N–H and O–H groups in total. The van der Waals surface area contributed by atoms with Gasteiger partial charge in [0, 0.05) is 18.0 Å². The Bertz CT molecular complexity index is 650. The van der Waals surface area contributed by atoms with Gasteiger partial charge in [-0.1, -0.05) is 30.3 Å². The van der Waals surface area contributed by atoms with Crippen molar-refractivity contribution in [2.75, 3.05) is 26.4 Å². The van der Waals surface area contributed by atoms with E-state index in [1.54, 1.807) is 11.3 Å². The summed E-state index contributed by atoms with van der Waals surface area (Å²) >= 11 is 1.74. The molecule has 0 amide bonds. The quantitative estimate of drug-likeness (QED) is 0.209. The van der Waals surface area contributed by atoms with Crippen LogP contribution in [0, 0.1) is 0 Å². The Hall–Kier alpha value is -1.16. The fraction of sp³-hybridized carbons (Fsp3) is 0.450. The second kappa shape index (κ2) is 14.8. The van der Waals surface area contributed by atoms with Gasteiger partial charge in [0.25, 0.3) is 0 Å². The van der Waals surface area contributed by atoms with Crippen molar-refractivity contribution >= 4 is 41.3 Å². The third-order valence-corrected chi connectivity index (χ3v) is 4.49. The second-order valence-corrected chi connectivity index (χ2v) is 6.73. The maximum atomic E-state index is 5.64. The predicted molar refractivity (Wildman–Crippen MR) is 124 cm³/mol. The van der Waals surface area contributed by atoms with E-state index in [4.69, 9.17) is 9.47 Å². The van der Waals surface area contributed by atoms with E-state index in [1.807, 2.05) is 6.92 Å². The first kappa shape index (κ1) is 23.9. The first-order valence-electron chi connectivity index (χ1n) is 9.09. The second-order valence-electron chi connectivity index (χ2n) is 5.70. The molecule has 0 spiro atoms. The number of hydrogen-bond donors (Lipinski definition) is 2. The maximum absolute atomic E-state index is 5.64. The Morgan fingerprint density at radius 2 is 1.85 bits per heavy atom. The Balaban J connectivity index is 0.00000364. The Labute approximate surface area is 183 Å². The molecule has 1 aromatic heterocycles. The van der Waals surface area contributed by atoms with E-state index >= 15 is 0 Å². The zero-order valence-corrected chi connectivity index (χ0v) is 19.2. The largest absolute Gasteiger partial charge is 0.379 e. The molecule has 0 saturated heterocycles. The van der Waals surface area contributed by atoms with Crippen molar-refractivity contribution in [3.05, 3.63) is 57.8 Å². The van der Waals surface area contributed by atoms with Crippen LogP contribution in [-0.4, -0.2) is 32.3 Å². The molecule has 27 heavy (non-hydrogen) atoms.